The van der Waals surface area contributed by atoms with Crippen molar-refractivity contribution in [2.45, 2.75) is 19.3 Å². The molecule has 1 aliphatic heterocycles. The Hall–Kier alpha value is -1.02. The van der Waals surface area contributed by atoms with E-state index in [9.17, 15) is 4.79 Å². The summed E-state index contributed by atoms with van der Waals surface area (Å²) in [4.78, 5) is 11.6. The van der Waals surface area contributed by atoms with E-state index in [0.29, 0.717) is 11.6 Å². The molecule has 0 spiro atoms. The molecule has 0 aliphatic carbocycles. The predicted molar refractivity (Wildman–Crippen MR) is 56.6 cm³/mol. The van der Waals surface area contributed by atoms with Crippen LogP contribution in [0.2, 0.25) is 5.02 Å². The molecule has 0 aromatic heterocycles. The second-order valence-electron chi connectivity index (χ2n) is 3.58. The lowest BCUT2D eigenvalue weighted by Gasteiger charge is -2.12. The molecule has 0 saturated heterocycles. The molecule has 1 N–H and O–H groups in total. The quantitative estimate of drug-likeness (QED) is 0.697. The maximum atomic E-state index is 11.6. The fourth-order valence-electron chi connectivity index (χ4n) is 1.89. The summed E-state index contributed by atoms with van der Waals surface area (Å²) in [6.07, 6.45) is 0.867. The van der Waals surface area contributed by atoms with Crippen molar-refractivity contribution < 1.29 is 4.79 Å². The Bertz CT molecular complexity index is 376. The fourth-order valence-corrected chi connectivity index (χ4v) is 2.25. The maximum Gasteiger partial charge on any atom is 0.227 e. The molecule has 0 bridgehead atoms. The van der Waals surface area contributed by atoms with Crippen LogP contribution in [-0.2, 0) is 11.2 Å². The number of benzene rings is 1. The monoisotopic (exact) mass is 209 g/mol. The van der Waals surface area contributed by atoms with Gasteiger partial charge >= 0.3 is 0 Å². The van der Waals surface area contributed by atoms with Gasteiger partial charge in [0.2, 0.25) is 5.91 Å². The molecule has 0 saturated carbocycles. The second-order valence-corrected chi connectivity index (χ2v) is 3.98. The number of halogens is 1. The Balaban J connectivity index is 2.55. The van der Waals surface area contributed by atoms with E-state index in [0.717, 1.165) is 12.0 Å². The summed E-state index contributed by atoms with van der Waals surface area (Å²) >= 11 is 6.09. The third-order valence-corrected chi connectivity index (χ3v) is 2.99. The number of rotatable bonds is 0. The number of hydrogen-bond donors (Lipinski definition) is 1. The summed E-state index contributed by atoms with van der Waals surface area (Å²) in [5.41, 5.74) is 2.17. The molecule has 1 unspecified atom stereocenters. The largest absolute Gasteiger partial charge is 0.355 e. The first kappa shape index (κ1) is 9.53. The zero-order valence-corrected chi connectivity index (χ0v) is 8.77. The van der Waals surface area contributed by atoms with E-state index in [4.69, 9.17) is 11.6 Å². The van der Waals surface area contributed by atoms with Crippen molar-refractivity contribution in [1.82, 2.24) is 5.32 Å². The highest BCUT2D eigenvalue weighted by molar-refractivity contribution is 6.31. The van der Waals surface area contributed by atoms with Crippen molar-refractivity contribution >= 4 is 17.5 Å². The molecule has 1 amide bonds. The molecular weight excluding hydrogens is 198 g/mol. The molecule has 1 atom stereocenters. The van der Waals surface area contributed by atoms with Gasteiger partial charge in [0.15, 0.2) is 0 Å². The van der Waals surface area contributed by atoms with Gasteiger partial charge in [-0.15, -0.1) is 0 Å². The number of hydrogen-bond acceptors (Lipinski definition) is 1. The zero-order chi connectivity index (χ0) is 10.1. The van der Waals surface area contributed by atoms with Crippen LogP contribution in [0, 0.1) is 0 Å². The lowest BCUT2D eigenvalue weighted by atomic mass is 9.95. The van der Waals surface area contributed by atoms with Gasteiger partial charge in [-0.25, -0.2) is 0 Å². The van der Waals surface area contributed by atoms with Gasteiger partial charge < -0.3 is 5.32 Å². The molecule has 0 radical (unpaired) electrons. The zero-order valence-electron chi connectivity index (χ0n) is 8.01. The summed E-state index contributed by atoms with van der Waals surface area (Å²) in [5.74, 6) is -0.0713. The molecular formula is C11H12ClNO. The van der Waals surface area contributed by atoms with Gasteiger partial charge in [-0.1, -0.05) is 23.7 Å². The minimum Gasteiger partial charge on any atom is -0.355 e. The van der Waals surface area contributed by atoms with Crippen molar-refractivity contribution in [3.63, 3.8) is 0 Å². The molecule has 0 fully saturated rings. The first-order valence-electron chi connectivity index (χ1n) is 4.75. The van der Waals surface area contributed by atoms with E-state index in [1.807, 2.05) is 25.1 Å². The fraction of sp³-hybridized carbons (Fsp3) is 0.364. The lowest BCUT2D eigenvalue weighted by Crippen LogP contribution is -2.26. The van der Waals surface area contributed by atoms with Gasteiger partial charge in [-0.2, -0.15) is 0 Å². The molecule has 3 heteroatoms. The summed E-state index contributed by atoms with van der Waals surface area (Å²) in [5, 5.41) is 3.57. The van der Waals surface area contributed by atoms with Crippen LogP contribution in [-0.4, -0.2) is 12.5 Å². The minimum atomic E-state index is -0.138. The smallest absolute Gasteiger partial charge is 0.227 e. The minimum absolute atomic E-state index is 0.0665. The number of carbonyl (C=O) groups excluding carboxylic acids is 1. The van der Waals surface area contributed by atoms with Crippen LogP contribution in [0.25, 0.3) is 0 Å². The van der Waals surface area contributed by atoms with Crippen molar-refractivity contribution in [2.24, 2.45) is 0 Å². The van der Waals surface area contributed by atoms with E-state index in [1.54, 1.807) is 0 Å². The number of nitrogens with one attached hydrogen (secondary N) is 1. The van der Waals surface area contributed by atoms with Crippen molar-refractivity contribution in [3.05, 3.63) is 34.3 Å². The summed E-state index contributed by atoms with van der Waals surface area (Å²) in [7, 11) is 0. The van der Waals surface area contributed by atoms with E-state index >= 15 is 0 Å². The highest BCUT2D eigenvalue weighted by Crippen LogP contribution is 2.29. The van der Waals surface area contributed by atoms with Gasteiger partial charge in [0.1, 0.15) is 0 Å². The lowest BCUT2D eigenvalue weighted by molar-refractivity contribution is -0.121. The number of carbonyl (C=O) groups is 1. The van der Waals surface area contributed by atoms with E-state index in [1.165, 1.54) is 5.56 Å². The van der Waals surface area contributed by atoms with Crippen molar-refractivity contribution in [1.29, 1.82) is 0 Å². The standard InChI is InChI=1S/C11H12ClNO/c1-7-10-8(3-2-4-9(10)12)5-6-13-11(7)14/h2-4,7H,5-6H2,1H3,(H,13,14). The van der Waals surface area contributed by atoms with Crippen LogP contribution in [0.5, 0.6) is 0 Å². The summed E-state index contributed by atoms with van der Waals surface area (Å²) < 4.78 is 0. The first-order chi connectivity index (χ1) is 6.70. The first-order valence-corrected chi connectivity index (χ1v) is 5.13. The molecule has 74 valence electrons. The average molecular weight is 210 g/mol. The molecule has 2 rings (SSSR count). The Labute approximate surface area is 88.3 Å². The van der Waals surface area contributed by atoms with Crippen LogP contribution < -0.4 is 5.32 Å². The van der Waals surface area contributed by atoms with Crippen LogP contribution in [0.1, 0.15) is 24.0 Å². The Morgan fingerprint density at radius 3 is 3.07 bits per heavy atom. The highest BCUT2D eigenvalue weighted by atomic mass is 35.5. The third-order valence-electron chi connectivity index (χ3n) is 2.66. The maximum absolute atomic E-state index is 11.6. The third kappa shape index (κ3) is 1.50. The van der Waals surface area contributed by atoms with Crippen LogP contribution in [0.15, 0.2) is 18.2 Å². The molecule has 2 nitrogen and oxygen atoms in total. The second kappa shape index (κ2) is 3.62. The molecule has 1 aromatic carbocycles. The summed E-state index contributed by atoms with van der Waals surface area (Å²) in [6.45, 7) is 2.60. The van der Waals surface area contributed by atoms with Gasteiger partial charge in [-0.05, 0) is 30.5 Å². The van der Waals surface area contributed by atoms with Crippen molar-refractivity contribution in [3.8, 4) is 0 Å². The van der Waals surface area contributed by atoms with Crippen molar-refractivity contribution in [2.75, 3.05) is 6.54 Å². The van der Waals surface area contributed by atoms with E-state index in [-0.39, 0.29) is 11.8 Å². The molecule has 1 aliphatic rings. The van der Waals surface area contributed by atoms with E-state index in [2.05, 4.69) is 5.32 Å². The predicted octanol–water partition coefficient (Wildman–Crippen LogP) is 2.12. The van der Waals surface area contributed by atoms with Gasteiger partial charge in [-0.3, -0.25) is 4.79 Å². The average Bonchev–Trinajstić information content (AvgIpc) is 2.29. The van der Waals surface area contributed by atoms with Crippen LogP contribution in [0.4, 0.5) is 0 Å². The SMILES string of the molecule is CC1C(=O)NCCc2cccc(Cl)c21. The van der Waals surface area contributed by atoms with E-state index < -0.39 is 0 Å². The normalized spacial score (nSPS) is 21.0. The Kier molecular flexibility index (Phi) is 2.46. The molecule has 1 aromatic rings. The Morgan fingerprint density at radius 1 is 1.50 bits per heavy atom. The highest BCUT2D eigenvalue weighted by Gasteiger charge is 2.23. The van der Waals surface area contributed by atoms with Gasteiger partial charge in [0, 0.05) is 11.6 Å². The number of amides is 1. The van der Waals surface area contributed by atoms with Gasteiger partial charge in [0.05, 0.1) is 5.92 Å². The topological polar surface area (TPSA) is 29.1 Å². The number of fused-ring (bicyclic) bond motifs is 1. The molecule has 14 heavy (non-hydrogen) atoms. The summed E-state index contributed by atoms with van der Waals surface area (Å²) in [6, 6.07) is 5.82. The Morgan fingerprint density at radius 2 is 2.29 bits per heavy atom. The molecule has 1 heterocycles. The van der Waals surface area contributed by atoms with Crippen LogP contribution in [0.3, 0.4) is 0 Å². The van der Waals surface area contributed by atoms with Crippen LogP contribution >= 0.6 is 11.6 Å². The van der Waals surface area contributed by atoms with Gasteiger partial charge in [0.25, 0.3) is 0 Å².